The summed E-state index contributed by atoms with van der Waals surface area (Å²) in [5, 5.41) is 2.09. The van der Waals surface area contributed by atoms with Gasteiger partial charge in [0.05, 0.1) is 22.6 Å². The maximum Gasteiger partial charge on any atom is 0.367 e. The Hall–Kier alpha value is -0.400. The van der Waals surface area contributed by atoms with Crippen LogP contribution in [0.3, 0.4) is 0 Å². The van der Waals surface area contributed by atoms with Crippen molar-refractivity contribution in [1.82, 2.24) is 0 Å². The average Bonchev–Trinajstić information content (AvgIpc) is 1.80. The largest absolute Gasteiger partial charge is 0.454 e. The highest BCUT2D eigenvalue weighted by molar-refractivity contribution is 14.1. The van der Waals surface area contributed by atoms with Crippen LogP contribution in [0.2, 0.25) is 0 Å². The van der Waals surface area contributed by atoms with E-state index in [2.05, 4.69) is 14.9 Å². The molecule has 0 amide bonds. The van der Waals surface area contributed by atoms with Gasteiger partial charge < -0.3 is 9.57 Å². The minimum atomic E-state index is -0.429. The lowest BCUT2D eigenvalue weighted by atomic mass is 10.8. The number of rotatable bonds is 4. The van der Waals surface area contributed by atoms with Crippen LogP contribution in [0.1, 0.15) is 0 Å². The quantitative estimate of drug-likeness (QED) is 0.246. The van der Waals surface area contributed by atoms with E-state index in [4.69, 9.17) is 0 Å². The molecule has 0 atom stereocenters. The molecule has 52 valence electrons. The molecule has 0 saturated carbocycles. The van der Waals surface area contributed by atoms with Crippen LogP contribution in [0.5, 0.6) is 0 Å². The first-order chi connectivity index (χ1) is 4.27. The van der Waals surface area contributed by atoms with Crippen molar-refractivity contribution in [1.29, 1.82) is 0 Å². The summed E-state index contributed by atoms with van der Waals surface area (Å²) in [6.45, 7) is 0.0752. The fraction of sp³-hybridized carbons (Fsp3) is 0.667. The summed E-state index contributed by atoms with van der Waals surface area (Å²) < 4.78 is 3.94. The zero-order valence-corrected chi connectivity index (χ0v) is 6.53. The minimum Gasteiger partial charge on any atom is -0.454 e. The highest BCUT2D eigenvalue weighted by Gasteiger charge is 1.92. The van der Waals surface area contributed by atoms with E-state index in [9.17, 15) is 9.70 Å². The Kier molecular flexibility index (Phi) is 5.48. The van der Waals surface area contributed by atoms with Crippen LogP contribution >= 0.6 is 22.6 Å². The number of hydrogen-bond donors (Lipinski definition) is 0. The zero-order valence-electron chi connectivity index (χ0n) is 4.37. The molecule has 0 unspecified atom stereocenters. The molecule has 0 aliphatic rings. The van der Waals surface area contributed by atoms with E-state index >= 15 is 0 Å². The molecule has 0 fully saturated rings. The normalized spacial score (nSPS) is 8.11. The molecule has 5 nitrogen and oxygen atoms in total. The lowest BCUT2D eigenvalue weighted by molar-refractivity contribution is 0.0862. The van der Waals surface area contributed by atoms with Crippen LogP contribution in [0.25, 0.3) is 0 Å². The van der Waals surface area contributed by atoms with Crippen LogP contribution in [-0.4, -0.2) is 17.2 Å². The highest BCUT2D eigenvalue weighted by atomic mass is 127. The molecular weight excluding hydrogens is 241 g/mol. The second-order valence-corrected chi connectivity index (χ2v) is 1.87. The van der Waals surface area contributed by atoms with Crippen molar-refractivity contribution in [3.05, 3.63) is 4.91 Å². The number of ether oxygens (including phenoxy) is 1. The van der Waals surface area contributed by atoms with Gasteiger partial charge in [-0.25, -0.2) is 4.79 Å². The van der Waals surface area contributed by atoms with Gasteiger partial charge in [-0.2, -0.15) is 0 Å². The van der Waals surface area contributed by atoms with Gasteiger partial charge in [0, 0.05) is 0 Å². The summed E-state index contributed by atoms with van der Waals surface area (Å²) in [5.74, 6) is 0. The SMILES string of the molecule is O=NOCCOC(=O)I. The van der Waals surface area contributed by atoms with E-state index in [1.165, 1.54) is 22.6 Å². The lowest BCUT2D eigenvalue weighted by Gasteiger charge is -1.95. The van der Waals surface area contributed by atoms with Crippen LogP contribution in [0, 0.1) is 4.91 Å². The van der Waals surface area contributed by atoms with Crippen molar-refractivity contribution < 1.29 is 14.4 Å². The summed E-state index contributed by atoms with van der Waals surface area (Å²) in [5.41, 5.74) is 0. The Morgan fingerprint density at radius 1 is 1.56 bits per heavy atom. The zero-order chi connectivity index (χ0) is 7.11. The van der Waals surface area contributed by atoms with E-state index in [0.29, 0.717) is 0 Å². The lowest BCUT2D eigenvalue weighted by Crippen LogP contribution is -2.01. The van der Waals surface area contributed by atoms with Gasteiger partial charge in [0.15, 0.2) is 11.9 Å². The summed E-state index contributed by atoms with van der Waals surface area (Å²) in [6, 6.07) is 0. The summed E-state index contributed by atoms with van der Waals surface area (Å²) in [6.07, 6.45) is 0. The number of carbonyl (C=O) groups excluding carboxylic acids is 1. The van der Waals surface area contributed by atoms with Crippen molar-refractivity contribution in [3.63, 3.8) is 0 Å². The Bertz CT molecular complexity index is 106. The topological polar surface area (TPSA) is 65.0 Å². The molecule has 0 aliphatic heterocycles. The van der Waals surface area contributed by atoms with Gasteiger partial charge in [-0.15, -0.1) is 4.91 Å². The van der Waals surface area contributed by atoms with E-state index in [1.807, 2.05) is 0 Å². The first kappa shape index (κ1) is 8.60. The van der Waals surface area contributed by atoms with Gasteiger partial charge in [-0.05, 0) is 0 Å². The maximum absolute atomic E-state index is 10.0. The predicted octanol–water partition coefficient (Wildman–Crippen LogP) is 1.26. The molecule has 0 radical (unpaired) electrons. The first-order valence-corrected chi connectivity index (χ1v) is 3.12. The molecule has 9 heavy (non-hydrogen) atoms. The van der Waals surface area contributed by atoms with Crippen LogP contribution in [0.4, 0.5) is 4.79 Å². The second-order valence-electron chi connectivity index (χ2n) is 0.994. The van der Waals surface area contributed by atoms with E-state index in [-0.39, 0.29) is 13.2 Å². The van der Waals surface area contributed by atoms with Gasteiger partial charge in [0.1, 0.15) is 6.61 Å². The van der Waals surface area contributed by atoms with E-state index < -0.39 is 3.98 Å². The van der Waals surface area contributed by atoms with Crippen LogP contribution in [-0.2, 0) is 9.57 Å². The Morgan fingerprint density at radius 3 is 2.67 bits per heavy atom. The third kappa shape index (κ3) is 7.60. The Morgan fingerprint density at radius 2 is 2.22 bits per heavy atom. The Labute approximate surface area is 64.8 Å². The molecule has 0 aromatic heterocycles. The van der Waals surface area contributed by atoms with Gasteiger partial charge >= 0.3 is 3.98 Å². The molecule has 0 N–H and O–H groups in total. The third-order valence-electron chi connectivity index (χ3n) is 0.443. The smallest absolute Gasteiger partial charge is 0.367 e. The molecule has 0 aliphatic carbocycles. The van der Waals surface area contributed by atoms with Crippen molar-refractivity contribution in [3.8, 4) is 0 Å². The molecule has 0 rings (SSSR count). The molecule has 0 saturated heterocycles. The van der Waals surface area contributed by atoms with Gasteiger partial charge in [0.25, 0.3) is 0 Å². The predicted molar refractivity (Wildman–Crippen MR) is 37.1 cm³/mol. The molecule has 0 spiro atoms. The van der Waals surface area contributed by atoms with Gasteiger partial charge in [-0.1, -0.05) is 0 Å². The second kappa shape index (κ2) is 5.73. The number of halogens is 1. The van der Waals surface area contributed by atoms with Crippen molar-refractivity contribution in [2.45, 2.75) is 0 Å². The fourth-order valence-corrected chi connectivity index (χ4v) is 0.417. The maximum atomic E-state index is 10.0. The number of hydrogen-bond acceptors (Lipinski definition) is 5. The highest BCUT2D eigenvalue weighted by Crippen LogP contribution is 1.90. The summed E-state index contributed by atoms with van der Waals surface area (Å²) in [7, 11) is 0. The van der Waals surface area contributed by atoms with Crippen LogP contribution < -0.4 is 0 Å². The summed E-state index contributed by atoms with van der Waals surface area (Å²) in [4.78, 5) is 23.2. The molecule has 0 bridgehead atoms. The fourth-order valence-electron chi connectivity index (χ4n) is 0.196. The van der Waals surface area contributed by atoms with Crippen molar-refractivity contribution in [2.75, 3.05) is 13.2 Å². The summed E-state index contributed by atoms with van der Waals surface area (Å²) >= 11 is 1.47. The molecular formula is C3H4INO4. The van der Waals surface area contributed by atoms with Gasteiger partial charge in [-0.3, -0.25) is 0 Å². The number of nitrogens with zero attached hydrogens (tertiary/aromatic N) is 1. The third-order valence-corrected chi connectivity index (χ3v) is 0.754. The molecule has 0 aromatic carbocycles. The minimum absolute atomic E-state index is 0.0121. The van der Waals surface area contributed by atoms with E-state index in [0.717, 1.165) is 0 Å². The first-order valence-electron chi connectivity index (χ1n) is 2.04. The van der Waals surface area contributed by atoms with Gasteiger partial charge in [0.2, 0.25) is 0 Å². The monoisotopic (exact) mass is 245 g/mol. The van der Waals surface area contributed by atoms with Crippen LogP contribution in [0.15, 0.2) is 5.34 Å². The number of carbonyl (C=O) groups is 1. The molecule has 0 aromatic rings. The standard InChI is InChI=1S/C3H4INO4/c4-3(6)8-1-2-9-5-7/h1-2H2. The van der Waals surface area contributed by atoms with Crippen molar-refractivity contribution >= 4 is 26.6 Å². The molecule has 0 heterocycles. The Balaban J connectivity index is 2.91. The van der Waals surface area contributed by atoms with Crippen molar-refractivity contribution in [2.24, 2.45) is 5.34 Å². The average molecular weight is 245 g/mol. The molecule has 6 heteroatoms. The van der Waals surface area contributed by atoms with E-state index in [1.54, 1.807) is 0 Å².